The fraction of sp³-hybridized carbons (Fsp3) is 0.545. The van der Waals surface area contributed by atoms with E-state index in [1.807, 2.05) is 12.1 Å². The number of carbonyl (C=O) groups is 4. The lowest BCUT2D eigenvalue weighted by molar-refractivity contribution is -0.148. The highest BCUT2D eigenvalue weighted by atomic mass is 16.5. The summed E-state index contributed by atoms with van der Waals surface area (Å²) in [6.45, 7) is 3.79. The molecule has 0 unspecified atom stereocenters. The van der Waals surface area contributed by atoms with Gasteiger partial charge in [-0.25, -0.2) is 0 Å². The molecule has 1 saturated carbocycles. The van der Waals surface area contributed by atoms with E-state index in [9.17, 15) is 19.2 Å². The van der Waals surface area contributed by atoms with Crippen molar-refractivity contribution in [3.8, 4) is 0 Å². The van der Waals surface area contributed by atoms with Crippen LogP contribution in [0.15, 0.2) is 24.3 Å². The van der Waals surface area contributed by atoms with Crippen LogP contribution in [0.3, 0.4) is 0 Å². The van der Waals surface area contributed by atoms with Gasteiger partial charge in [0.25, 0.3) is 5.91 Å². The molecule has 0 spiro atoms. The summed E-state index contributed by atoms with van der Waals surface area (Å²) < 4.78 is 4.99. The molecular formula is C22H28N2O5. The van der Waals surface area contributed by atoms with Crippen molar-refractivity contribution in [3.05, 3.63) is 29.8 Å². The van der Waals surface area contributed by atoms with Gasteiger partial charge in [-0.05, 0) is 36.5 Å². The molecule has 0 aromatic heterocycles. The Morgan fingerprint density at radius 2 is 1.66 bits per heavy atom. The Kier molecular flexibility index (Phi) is 6.67. The Labute approximate surface area is 170 Å². The topological polar surface area (TPSA) is 92.8 Å². The predicted octanol–water partition coefficient (Wildman–Crippen LogP) is 2.86. The fourth-order valence-electron chi connectivity index (χ4n) is 4.02. The first kappa shape index (κ1) is 21.0. The van der Waals surface area contributed by atoms with E-state index in [1.54, 1.807) is 12.1 Å². The van der Waals surface area contributed by atoms with E-state index < -0.39 is 18.5 Å². The van der Waals surface area contributed by atoms with Crippen LogP contribution in [0.4, 0.5) is 5.69 Å². The van der Waals surface area contributed by atoms with Crippen LogP contribution in [0.2, 0.25) is 0 Å². The number of nitrogens with one attached hydrogen (secondary N) is 1. The zero-order valence-electron chi connectivity index (χ0n) is 17.0. The summed E-state index contributed by atoms with van der Waals surface area (Å²) in [4.78, 5) is 49.9. The van der Waals surface area contributed by atoms with E-state index in [0.717, 1.165) is 25.7 Å². The molecule has 2 aliphatic rings. The Bertz CT molecular complexity index is 763. The van der Waals surface area contributed by atoms with Crippen molar-refractivity contribution in [2.75, 3.05) is 18.5 Å². The average Bonchev–Trinajstić information content (AvgIpc) is 2.95. The van der Waals surface area contributed by atoms with Crippen LogP contribution < -0.4 is 5.32 Å². The van der Waals surface area contributed by atoms with Crippen molar-refractivity contribution >= 4 is 29.4 Å². The number of carbonyl (C=O) groups excluding carboxylic acids is 4. The maximum absolute atomic E-state index is 12.4. The number of ether oxygens (including phenoxy) is 1. The summed E-state index contributed by atoms with van der Waals surface area (Å²) in [7, 11) is 0. The summed E-state index contributed by atoms with van der Waals surface area (Å²) >= 11 is 0. The molecule has 1 heterocycles. The highest BCUT2D eigenvalue weighted by Crippen LogP contribution is 2.37. The lowest BCUT2D eigenvalue weighted by Crippen LogP contribution is -2.33. The molecule has 0 bridgehead atoms. The van der Waals surface area contributed by atoms with Crippen LogP contribution in [0.5, 0.6) is 0 Å². The number of rotatable bonds is 7. The predicted molar refractivity (Wildman–Crippen MR) is 107 cm³/mol. The largest absolute Gasteiger partial charge is 0.456 e. The maximum atomic E-state index is 12.4. The molecule has 3 amide bonds. The van der Waals surface area contributed by atoms with Gasteiger partial charge in [-0.1, -0.05) is 38.8 Å². The van der Waals surface area contributed by atoms with Gasteiger partial charge >= 0.3 is 5.97 Å². The standard InChI is InChI=1S/C22H28N2O5/c1-14(2)15-7-9-16(10-8-15)23-19(25)13-29-20(26)11-12-24-21(27)17-5-3-4-6-18(17)22(24)28/h7-10,14,17-18H,3-6,11-13H2,1-2H3,(H,23,25)/t17-,18+. The SMILES string of the molecule is CC(C)c1ccc(NC(=O)COC(=O)CCN2C(=O)[C@H]3CCCC[C@H]3C2=O)cc1. The van der Waals surface area contributed by atoms with Crippen molar-refractivity contribution in [2.24, 2.45) is 11.8 Å². The Balaban J connectivity index is 1.41. The lowest BCUT2D eigenvalue weighted by atomic mass is 9.81. The highest BCUT2D eigenvalue weighted by Gasteiger charge is 2.47. The number of nitrogens with zero attached hydrogens (tertiary/aromatic N) is 1. The first-order chi connectivity index (χ1) is 13.9. The van der Waals surface area contributed by atoms with Crippen LogP contribution in [0.1, 0.15) is 57.4 Å². The van der Waals surface area contributed by atoms with Gasteiger partial charge in [-0.3, -0.25) is 24.1 Å². The van der Waals surface area contributed by atoms with Crippen LogP contribution in [0.25, 0.3) is 0 Å². The number of anilines is 1. The summed E-state index contributed by atoms with van der Waals surface area (Å²) in [5, 5.41) is 2.67. The van der Waals surface area contributed by atoms with E-state index >= 15 is 0 Å². The molecule has 1 N–H and O–H groups in total. The minimum absolute atomic E-state index is 0.0157. The summed E-state index contributed by atoms with van der Waals surface area (Å²) in [5.41, 5.74) is 1.80. The van der Waals surface area contributed by atoms with E-state index in [1.165, 1.54) is 10.5 Å². The number of benzene rings is 1. The molecule has 1 saturated heterocycles. The van der Waals surface area contributed by atoms with E-state index in [2.05, 4.69) is 19.2 Å². The van der Waals surface area contributed by atoms with Crippen molar-refractivity contribution in [3.63, 3.8) is 0 Å². The Hall–Kier alpha value is -2.70. The zero-order chi connectivity index (χ0) is 21.0. The monoisotopic (exact) mass is 400 g/mol. The number of imide groups is 1. The van der Waals surface area contributed by atoms with E-state index in [4.69, 9.17) is 4.74 Å². The Morgan fingerprint density at radius 1 is 1.07 bits per heavy atom. The van der Waals surface area contributed by atoms with Gasteiger partial charge in [0.2, 0.25) is 11.8 Å². The van der Waals surface area contributed by atoms with Gasteiger partial charge in [-0.2, -0.15) is 0 Å². The first-order valence-electron chi connectivity index (χ1n) is 10.3. The van der Waals surface area contributed by atoms with Crippen molar-refractivity contribution in [1.82, 2.24) is 4.90 Å². The second-order valence-corrected chi connectivity index (χ2v) is 8.06. The summed E-state index contributed by atoms with van der Waals surface area (Å²) in [6.07, 6.45) is 3.31. The number of likely N-dealkylation sites (tertiary alicyclic amines) is 1. The second-order valence-electron chi connectivity index (χ2n) is 8.06. The molecule has 1 aliphatic heterocycles. The van der Waals surface area contributed by atoms with Crippen molar-refractivity contribution in [1.29, 1.82) is 0 Å². The molecule has 3 rings (SSSR count). The number of hydrogen-bond acceptors (Lipinski definition) is 5. The smallest absolute Gasteiger partial charge is 0.308 e. The number of fused-ring (bicyclic) bond motifs is 1. The molecule has 0 radical (unpaired) electrons. The second kappa shape index (κ2) is 9.20. The normalized spacial score (nSPS) is 21.3. The maximum Gasteiger partial charge on any atom is 0.308 e. The number of hydrogen-bond donors (Lipinski definition) is 1. The molecule has 1 aromatic carbocycles. The lowest BCUT2D eigenvalue weighted by Gasteiger charge is -2.19. The zero-order valence-corrected chi connectivity index (χ0v) is 17.0. The van der Waals surface area contributed by atoms with E-state index in [0.29, 0.717) is 11.6 Å². The molecule has 1 aliphatic carbocycles. The van der Waals surface area contributed by atoms with Crippen LogP contribution in [-0.2, 0) is 23.9 Å². The van der Waals surface area contributed by atoms with Crippen molar-refractivity contribution in [2.45, 2.75) is 51.9 Å². The minimum atomic E-state index is -0.606. The molecule has 156 valence electrons. The Morgan fingerprint density at radius 3 is 2.21 bits per heavy atom. The van der Waals surface area contributed by atoms with Crippen LogP contribution in [0, 0.1) is 11.8 Å². The number of esters is 1. The van der Waals surface area contributed by atoms with Crippen molar-refractivity contribution < 1.29 is 23.9 Å². The third-order valence-electron chi connectivity index (χ3n) is 5.70. The van der Waals surface area contributed by atoms with Gasteiger partial charge in [0.15, 0.2) is 6.61 Å². The van der Waals surface area contributed by atoms with Gasteiger partial charge in [-0.15, -0.1) is 0 Å². The van der Waals surface area contributed by atoms with Crippen LogP contribution >= 0.6 is 0 Å². The minimum Gasteiger partial charge on any atom is -0.456 e. The molecule has 2 fully saturated rings. The highest BCUT2D eigenvalue weighted by molar-refractivity contribution is 6.05. The molecule has 29 heavy (non-hydrogen) atoms. The third-order valence-corrected chi connectivity index (χ3v) is 5.70. The third kappa shape index (κ3) is 5.02. The van der Waals surface area contributed by atoms with E-state index in [-0.39, 0.29) is 36.6 Å². The molecule has 1 aromatic rings. The molecular weight excluding hydrogens is 372 g/mol. The van der Waals surface area contributed by atoms with Gasteiger partial charge < -0.3 is 10.1 Å². The van der Waals surface area contributed by atoms with Crippen LogP contribution in [-0.4, -0.2) is 41.7 Å². The van der Waals surface area contributed by atoms with Gasteiger partial charge in [0, 0.05) is 12.2 Å². The molecule has 7 heteroatoms. The average molecular weight is 400 g/mol. The fourth-order valence-corrected chi connectivity index (χ4v) is 4.02. The number of amides is 3. The molecule has 7 nitrogen and oxygen atoms in total. The van der Waals surface area contributed by atoms with Gasteiger partial charge in [0.1, 0.15) is 0 Å². The molecule has 2 atom stereocenters. The van der Waals surface area contributed by atoms with Gasteiger partial charge in [0.05, 0.1) is 18.3 Å². The quantitative estimate of drug-likeness (QED) is 0.561. The summed E-state index contributed by atoms with van der Waals surface area (Å²) in [6, 6.07) is 7.49. The first-order valence-corrected chi connectivity index (χ1v) is 10.3. The summed E-state index contributed by atoms with van der Waals surface area (Å²) in [5.74, 6) is -1.43.